The van der Waals surface area contributed by atoms with E-state index in [-0.39, 0.29) is 24.0 Å². The van der Waals surface area contributed by atoms with Gasteiger partial charge in [-0.1, -0.05) is 18.2 Å². The van der Waals surface area contributed by atoms with Gasteiger partial charge in [0.2, 0.25) is 11.8 Å². The van der Waals surface area contributed by atoms with Crippen molar-refractivity contribution in [3.63, 3.8) is 0 Å². The number of non-ortho nitro benzene ring substituents is 1. The molecular formula is C20H24N4O4. The molecule has 2 aromatic rings. The van der Waals surface area contributed by atoms with Gasteiger partial charge in [0.05, 0.1) is 17.2 Å². The molecule has 0 unspecified atom stereocenters. The number of anilines is 2. The Morgan fingerprint density at radius 2 is 1.93 bits per heavy atom. The van der Waals surface area contributed by atoms with Crippen LogP contribution in [0, 0.1) is 17.0 Å². The van der Waals surface area contributed by atoms with E-state index in [1.54, 1.807) is 17.9 Å². The maximum atomic E-state index is 12.2. The summed E-state index contributed by atoms with van der Waals surface area (Å²) in [7, 11) is 0. The molecule has 2 N–H and O–H groups in total. The zero-order chi connectivity index (χ0) is 20.7. The smallest absolute Gasteiger partial charge is 0.271 e. The monoisotopic (exact) mass is 384 g/mol. The number of carbonyl (C=O) groups excluding carboxylic acids is 2. The van der Waals surface area contributed by atoms with E-state index in [1.807, 2.05) is 31.2 Å². The number of aryl methyl sites for hydroxylation is 1. The number of benzene rings is 2. The van der Waals surface area contributed by atoms with Crippen molar-refractivity contribution >= 4 is 28.9 Å². The highest BCUT2D eigenvalue weighted by Gasteiger charge is 2.11. The number of rotatable bonds is 8. The fourth-order valence-electron chi connectivity index (χ4n) is 2.68. The molecule has 0 aliphatic rings. The summed E-state index contributed by atoms with van der Waals surface area (Å²) >= 11 is 0. The normalized spacial score (nSPS) is 10.2. The van der Waals surface area contributed by atoms with E-state index >= 15 is 0 Å². The Kier molecular flexibility index (Phi) is 7.08. The van der Waals surface area contributed by atoms with Crippen LogP contribution in [-0.4, -0.2) is 34.7 Å². The highest BCUT2D eigenvalue weighted by atomic mass is 16.6. The predicted octanol–water partition coefficient (Wildman–Crippen LogP) is 3.32. The molecule has 0 bridgehead atoms. The molecule has 0 fully saturated rings. The summed E-state index contributed by atoms with van der Waals surface area (Å²) in [5.74, 6) is -0.305. The average Bonchev–Trinajstić information content (AvgIpc) is 2.66. The van der Waals surface area contributed by atoms with Gasteiger partial charge in [-0.15, -0.1) is 0 Å². The first kappa shape index (κ1) is 20.9. The standard InChI is InChI=1S/C20H24N4O4/c1-4-23(15(3)25)13-16-6-5-7-17(10-16)21-12-20(26)22-19-11-18(24(27)28)9-8-14(19)2/h5-11,21H,4,12-13H2,1-3H3,(H,22,26). The van der Waals surface area contributed by atoms with Crippen molar-refractivity contribution in [3.8, 4) is 0 Å². The van der Waals surface area contributed by atoms with Gasteiger partial charge in [-0.2, -0.15) is 0 Å². The van der Waals surface area contributed by atoms with Gasteiger partial charge >= 0.3 is 0 Å². The fourth-order valence-corrected chi connectivity index (χ4v) is 2.68. The first-order chi connectivity index (χ1) is 13.3. The van der Waals surface area contributed by atoms with E-state index in [2.05, 4.69) is 10.6 Å². The highest BCUT2D eigenvalue weighted by Crippen LogP contribution is 2.21. The second-order valence-electron chi connectivity index (χ2n) is 6.39. The van der Waals surface area contributed by atoms with Gasteiger partial charge in [0.25, 0.3) is 5.69 Å². The number of nitro groups is 1. The molecule has 0 saturated heterocycles. The van der Waals surface area contributed by atoms with Gasteiger partial charge < -0.3 is 15.5 Å². The Morgan fingerprint density at radius 1 is 1.18 bits per heavy atom. The molecule has 2 amide bonds. The van der Waals surface area contributed by atoms with Crippen LogP contribution < -0.4 is 10.6 Å². The van der Waals surface area contributed by atoms with E-state index in [0.717, 1.165) is 16.8 Å². The SMILES string of the molecule is CCN(Cc1cccc(NCC(=O)Nc2cc([N+](=O)[O-])ccc2C)c1)C(C)=O. The van der Waals surface area contributed by atoms with Crippen LogP contribution in [0.2, 0.25) is 0 Å². The lowest BCUT2D eigenvalue weighted by molar-refractivity contribution is -0.384. The quantitative estimate of drug-likeness (QED) is 0.537. The third-order valence-electron chi connectivity index (χ3n) is 4.29. The summed E-state index contributed by atoms with van der Waals surface area (Å²) in [5, 5.41) is 16.6. The van der Waals surface area contributed by atoms with Gasteiger partial charge in [0.1, 0.15) is 0 Å². The Bertz CT molecular complexity index is 882. The third kappa shape index (κ3) is 5.80. The van der Waals surface area contributed by atoms with E-state index in [1.165, 1.54) is 19.1 Å². The number of nitrogens with one attached hydrogen (secondary N) is 2. The van der Waals surface area contributed by atoms with E-state index in [9.17, 15) is 19.7 Å². The van der Waals surface area contributed by atoms with Crippen molar-refractivity contribution in [2.24, 2.45) is 0 Å². The van der Waals surface area contributed by atoms with Crippen LogP contribution in [-0.2, 0) is 16.1 Å². The summed E-state index contributed by atoms with van der Waals surface area (Å²) < 4.78 is 0. The first-order valence-corrected chi connectivity index (χ1v) is 8.93. The Hall–Kier alpha value is -3.42. The summed E-state index contributed by atoms with van der Waals surface area (Å²) in [5.41, 5.74) is 2.78. The molecule has 28 heavy (non-hydrogen) atoms. The first-order valence-electron chi connectivity index (χ1n) is 8.93. The molecule has 0 saturated carbocycles. The van der Waals surface area contributed by atoms with Crippen LogP contribution in [0.5, 0.6) is 0 Å². The lowest BCUT2D eigenvalue weighted by atomic mass is 10.1. The number of carbonyl (C=O) groups is 2. The van der Waals surface area contributed by atoms with Crippen LogP contribution in [0.15, 0.2) is 42.5 Å². The van der Waals surface area contributed by atoms with Crippen LogP contribution in [0.1, 0.15) is 25.0 Å². The fraction of sp³-hybridized carbons (Fsp3) is 0.300. The molecule has 0 aliphatic heterocycles. The number of hydrogen-bond donors (Lipinski definition) is 2. The lowest BCUT2D eigenvalue weighted by Crippen LogP contribution is -2.27. The Morgan fingerprint density at radius 3 is 2.57 bits per heavy atom. The van der Waals surface area contributed by atoms with Crippen LogP contribution in [0.4, 0.5) is 17.1 Å². The lowest BCUT2D eigenvalue weighted by Gasteiger charge is -2.19. The van der Waals surface area contributed by atoms with E-state index in [4.69, 9.17) is 0 Å². The minimum Gasteiger partial charge on any atom is -0.376 e. The number of amides is 2. The molecular weight excluding hydrogens is 360 g/mol. The number of nitro benzene ring substituents is 1. The predicted molar refractivity (Wildman–Crippen MR) is 108 cm³/mol. The van der Waals surface area contributed by atoms with Gasteiger partial charge in [-0.25, -0.2) is 0 Å². The molecule has 8 heteroatoms. The van der Waals surface area contributed by atoms with Gasteiger partial charge in [-0.05, 0) is 37.1 Å². The second kappa shape index (κ2) is 9.50. The maximum Gasteiger partial charge on any atom is 0.271 e. The summed E-state index contributed by atoms with van der Waals surface area (Å²) in [6.07, 6.45) is 0. The van der Waals surface area contributed by atoms with Gasteiger partial charge in [-0.3, -0.25) is 19.7 Å². The Labute approximate surface area is 163 Å². The molecule has 0 aromatic heterocycles. The molecule has 0 radical (unpaired) electrons. The van der Waals surface area contributed by atoms with E-state index < -0.39 is 4.92 Å². The van der Waals surface area contributed by atoms with Crippen molar-refractivity contribution in [1.29, 1.82) is 0 Å². The zero-order valence-electron chi connectivity index (χ0n) is 16.2. The third-order valence-corrected chi connectivity index (χ3v) is 4.29. The topological polar surface area (TPSA) is 105 Å². The Balaban J connectivity index is 1.98. The van der Waals surface area contributed by atoms with E-state index in [0.29, 0.717) is 18.8 Å². The molecule has 0 aliphatic carbocycles. The molecule has 2 aromatic carbocycles. The van der Waals surface area contributed by atoms with Crippen molar-refractivity contribution in [3.05, 3.63) is 63.7 Å². The van der Waals surface area contributed by atoms with Crippen molar-refractivity contribution in [2.75, 3.05) is 23.7 Å². The summed E-state index contributed by atoms with van der Waals surface area (Å²) in [6.45, 7) is 6.36. The van der Waals surface area contributed by atoms with Crippen molar-refractivity contribution in [2.45, 2.75) is 27.3 Å². The minimum absolute atomic E-state index is 0.00700. The summed E-state index contributed by atoms with van der Waals surface area (Å²) in [6, 6.07) is 11.8. The maximum absolute atomic E-state index is 12.2. The second-order valence-corrected chi connectivity index (χ2v) is 6.39. The van der Waals surface area contributed by atoms with Crippen molar-refractivity contribution < 1.29 is 14.5 Å². The molecule has 148 valence electrons. The van der Waals surface area contributed by atoms with Crippen molar-refractivity contribution in [1.82, 2.24) is 4.90 Å². The molecule has 2 rings (SSSR count). The molecule has 0 atom stereocenters. The molecule has 0 spiro atoms. The summed E-state index contributed by atoms with van der Waals surface area (Å²) in [4.78, 5) is 35.9. The average molecular weight is 384 g/mol. The van der Waals surface area contributed by atoms with Gasteiger partial charge in [0, 0.05) is 37.8 Å². The zero-order valence-corrected chi connectivity index (χ0v) is 16.2. The minimum atomic E-state index is -0.501. The highest BCUT2D eigenvalue weighted by molar-refractivity contribution is 5.94. The number of hydrogen-bond acceptors (Lipinski definition) is 5. The number of nitrogens with zero attached hydrogens (tertiary/aromatic N) is 2. The molecule has 8 nitrogen and oxygen atoms in total. The van der Waals surface area contributed by atoms with Crippen LogP contribution in [0.3, 0.4) is 0 Å². The van der Waals surface area contributed by atoms with Gasteiger partial charge in [0.15, 0.2) is 0 Å². The van der Waals surface area contributed by atoms with Crippen LogP contribution >= 0.6 is 0 Å². The largest absolute Gasteiger partial charge is 0.376 e. The van der Waals surface area contributed by atoms with Crippen LogP contribution in [0.25, 0.3) is 0 Å². The molecule has 0 heterocycles.